The Bertz CT molecular complexity index is 815. The lowest BCUT2D eigenvalue weighted by Gasteiger charge is -2.33. The van der Waals surface area contributed by atoms with Gasteiger partial charge in [0.15, 0.2) is 5.82 Å². The number of hydrogen-bond donors (Lipinski definition) is 0. The molecule has 0 spiro atoms. The predicted octanol–water partition coefficient (Wildman–Crippen LogP) is 2.57. The first-order valence-corrected chi connectivity index (χ1v) is 10.6. The first-order valence-electron chi connectivity index (χ1n) is 8.78. The van der Waals surface area contributed by atoms with E-state index >= 15 is 0 Å². The van der Waals surface area contributed by atoms with E-state index in [0.717, 1.165) is 19.3 Å². The van der Waals surface area contributed by atoms with Crippen LogP contribution < -0.4 is 0 Å². The summed E-state index contributed by atoms with van der Waals surface area (Å²) >= 11 is 5.84. The van der Waals surface area contributed by atoms with E-state index in [1.54, 1.807) is 24.3 Å². The Morgan fingerprint density at radius 2 is 1.85 bits per heavy atom. The van der Waals surface area contributed by atoms with Gasteiger partial charge < -0.3 is 4.52 Å². The lowest BCUT2D eigenvalue weighted by atomic mass is 10.2. The van der Waals surface area contributed by atoms with Crippen LogP contribution in [0.4, 0.5) is 0 Å². The highest BCUT2D eigenvalue weighted by Gasteiger charge is 2.28. The second kappa shape index (κ2) is 8.47. The van der Waals surface area contributed by atoms with Crippen molar-refractivity contribution in [1.29, 1.82) is 0 Å². The molecule has 142 valence electrons. The molecule has 1 aliphatic rings. The van der Waals surface area contributed by atoms with Crippen LogP contribution in [0.15, 0.2) is 33.7 Å². The third-order valence-corrected chi connectivity index (χ3v) is 6.57. The quantitative estimate of drug-likeness (QED) is 0.713. The number of aryl methyl sites for hydroxylation is 1. The minimum atomic E-state index is -3.48. The van der Waals surface area contributed by atoms with E-state index in [9.17, 15) is 8.42 Å². The maximum atomic E-state index is 12.7. The van der Waals surface area contributed by atoms with Crippen molar-refractivity contribution in [1.82, 2.24) is 19.3 Å². The van der Waals surface area contributed by atoms with Crippen molar-refractivity contribution in [2.45, 2.75) is 37.6 Å². The first-order chi connectivity index (χ1) is 12.5. The van der Waals surface area contributed by atoms with Crippen molar-refractivity contribution >= 4 is 21.6 Å². The van der Waals surface area contributed by atoms with E-state index in [2.05, 4.69) is 22.0 Å². The van der Waals surface area contributed by atoms with Gasteiger partial charge >= 0.3 is 0 Å². The summed E-state index contributed by atoms with van der Waals surface area (Å²) in [7, 11) is -3.48. The lowest BCUT2D eigenvalue weighted by Crippen LogP contribution is -2.48. The van der Waals surface area contributed by atoms with Gasteiger partial charge in [-0.25, -0.2) is 8.42 Å². The van der Waals surface area contributed by atoms with Gasteiger partial charge in [-0.05, 0) is 30.7 Å². The monoisotopic (exact) mass is 398 g/mol. The predicted molar refractivity (Wildman–Crippen MR) is 98.4 cm³/mol. The van der Waals surface area contributed by atoms with Crippen molar-refractivity contribution in [3.8, 4) is 0 Å². The van der Waals surface area contributed by atoms with Crippen LogP contribution in [0.5, 0.6) is 0 Å². The SMILES string of the molecule is CCCCc1nc(CN2CCN(S(=O)(=O)c3ccc(Cl)cc3)CC2)no1. The molecular formula is C17H23ClN4O3S. The van der Waals surface area contributed by atoms with Gasteiger partial charge in [0.1, 0.15) is 0 Å². The molecule has 3 rings (SSSR count). The van der Waals surface area contributed by atoms with Crippen molar-refractivity contribution in [2.75, 3.05) is 26.2 Å². The summed E-state index contributed by atoms with van der Waals surface area (Å²) in [6.45, 7) is 4.83. The molecule has 1 aromatic heterocycles. The zero-order valence-electron chi connectivity index (χ0n) is 14.8. The number of unbranched alkanes of at least 4 members (excludes halogenated alkanes) is 1. The maximum Gasteiger partial charge on any atom is 0.243 e. The molecule has 1 aliphatic heterocycles. The summed E-state index contributed by atoms with van der Waals surface area (Å²) in [6.07, 6.45) is 2.92. The number of sulfonamides is 1. The molecule has 0 aliphatic carbocycles. The van der Waals surface area contributed by atoms with Gasteiger partial charge in [0, 0.05) is 37.6 Å². The fourth-order valence-corrected chi connectivity index (χ4v) is 4.42. The fraction of sp³-hybridized carbons (Fsp3) is 0.529. The van der Waals surface area contributed by atoms with Gasteiger partial charge in [0.25, 0.3) is 0 Å². The minimum absolute atomic E-state index is 0.272. The molecule has 0 atom stereocenters. The zero-order valence-corrected chi connectivity index (χ0v) is 16.3. The highest BCUT2D eigenvalue weighted by molar-refractivity contribution is 7.89. The molecule has 0 unspecified atom stereocenters. The average Bonchev–Trinajstić information content (AvgIpc) is 3.08. The van der Waals surface area contributed by atoms with Crippen LogP contribution in [0.2, 0.25) is 5.02 Å². The van der Waals surface area contributed by atoms with Crippen molar-refractivity contribution < 1.29 is 12.9 Å². The third kappa shape index (κ3) is 4.62. The Balaban J connectivity index is 1.55. The Labute approximate surface area is 159 Å². The van der Waals surface area contributed by atoms with Crippen LogP contribution >= 0.6 is 11.6 Å². The number of benzene rings is 1. The molecule has 1 aromatic carbocycles. The molecule has 9 heteroatoms. The molecule has 26 heavy (non-hydrogen) atoms. The summed E-state index contributed by atoms with van der Waals surface area (Å²) < 4.78 is 32.1. The lowest BCUT2D eigenvalue weighted by molar-refractivity contribution is 0.176. The molecule has 0 amide bonds. The largest absolute Gasteiger partial charge is 0.339 e. The van der Waals surface area contributed by atoms with E-state index in [0.29, 0.717) is 49.5 Å². The second-order valence-electron chi connectivity index (χ2n) is 6.34. The molecule has 7 nitrogen and oxygen atoms in total. The van der Waals surface area contributed by atoms with Crippen LogP contribution in [0.1, 0.15) is 31.5 Å². The van der Waals surface area contributed by atoms with Crippen molar-refractivity contribution in [3.63, 3.8) is 0 Å². The van der Waals surface area contributed by atoms with E-state index in [1.807, 2.05) is 0 Å². The maximum absolute atomic E-state index is 12.7. The summed E-state index contributed by atoms with van der Waals surface area (Å²) in [6, 6.07) is 6.27. The van der Waals surface area contributed by atoms with Gasteiger partial charge in [-0.15, -0.1) is 0 Å². The van der Waals surface area contributed by atoms with Gasteiger partial charge in [-0.1, -0.05) is 30.1 Å². The van der Waals surface area contributed by atoms with Crippen molar-refractivity contribution in [3.05, 3.63) is 41.0 Å². The zero-order chi connectivity index (χ0) is 18.6. The summed E-state index contributed by atoms with van der Waals surface area (Å²) in [5.74, 6) is 1.33. The van der Waals surface area contributed by atoms with E-state index in [4.69, 9.17) is 16.1 Å². The van der Waals surface area contributed by atoms with Crippen molar-refractivity contribution in [2.24, 2.45) is 0 Å². The van der Waals surface area contributed by atoms with Gasteiger partial charge in [-0.3, -0.25) is 4.90 Å². The Morgan fingerprint density at radius 1 is 1.15 bits per heavy atom. The number of rotatable bonds is 7. The number of aromatic nitrogens is 2. The summed E-state index contributed by atoms with van der Waals surface area (Å²) in [5, 5.41) is 4.54. The van der Waals surface area contributed by atoms with Gasteiger partial charge in [0.2, 0.25) is 15.9 Å². The average molecular weight is 399 g/mol. The standard InChI is InChI=1S/C17H23ClN4O3S/c1-2-3-4-17-19-16(20-25-17)13-21-9-11-22(12-10-21)26(23,24)15-7-5-14(18)6-8-15/h5-8H,2-4,9-13H2,1H3. The molecule has 0 N–H and O–H groups in total. The summed E-state index contributed by atoms with van der Waals surface area (Å²) in [5.41, 5.74) is 0. The minimum Gasteiger partial charge on any atom is -0.339 e. The fourth-order valence-electron chi connectivity index (χ4n) is 2.87. The van der Waals surface area contributed by atoms with E-state index in [1.165, 1.54) is 4.31 Å². The van der Waals surface area contributed by atoms with Crippen LogP contribution in [-0.4, -0.2) is 53.9 Å². The number of halogens is 1. The highest BCUT2D eigenvalue weighted by atomic mass is 35.5. The van der Waals surface area contributed by atoms with Gasteiger partial charge in [-0.2, -0.15) is 9.29 Å². The normalized spacial score (nSPS) is 16.8. The van der Waals surface area contributed by atoms with Gasteiger partial charge in [0.05, 0.1) is 11.4 Å². The Kier molecular flexibility index (Phi) is 6.29. The topological polar surface area (TPSA) is 79.5 Å². The molecule has 0 radical (unpaired) electrons. The highest BCUT2D eigenvalue weighted by Crippen LogP contribution is 2.20. The molecule has 0 bridgehead atoms. The molecular weight excluding hydrogens is 376 g/mol. The van der Waals surface area contributed by atoms with Crippen LogP contribution in [0.25, 0.3) is 0 Å². The Hall–Kier alpha value is -1.48. The third-order valence-electron chi connectivity index (χ3n) is 4.40. The molecule has 2 heterocycles. The van der Waals surface area contributed by atoms with E-state index < -0.39 is 10.0 Å². The van der Waals surface area contributed by atoms with Crippen LogP contribution in [0.3, 0.4) is 0 Å². The number of hydrogen-bond acceptors (Lipinski definition) is 6. The molecule has 0 saturated carbocycles. The first kappa shape index (κ1) is 19.3. The number of piperazine rings is 1. The smallest absolute Gasteiger partial charge is 0.243 e. The van der Waals surface area contributed by atoms with Crippen LogP contribution in [-0.2, 0) is 23.0 Å². The number of nitrogens with zero attached hydrogens (tertiary/aromatic N) is 4. The molecule has 2 aromatic rings. The molecule has 1 fully saturated rings. The van der Waals surface area contributed by atoms with Crippen LogP contribution in [0, 0.1) is 0 Å². The second-order valence-corrected chi connectivity index (χ2v) is 8.72. The van der Waals surface area contributed by atoms with E-state index in [-0.39, 0.29) is 4.90 Å². The molecule has 1 saturated heterocycles. The summed E-state index contributed by atoms with van der Waals surface area (Å²) in [4.78, 5) is 6.82. The Morgan fingerprint density at radius 3 is 2.50 bits per heavy atom.